The highest BCUT2D eigenvalue weighted by atomic mass is 32.2. The molecule has 2 aliphatic heterocycles. The third-order valence-corrected chi connectivity index (χ3v) is 8.10. The predicted octanol–water partition coefficient (Wildman–Crippen LogP) is 3.57. The van der Waals surface area contributed by atoms with Crippen LogP contribution in [-0.4, -0.2) is 67.4 Å². The van der Waals surface area contributed by atoms with Crippen LogP contribution in [0.4, 0.5) is 5.82 Å². The number of fused-ring (bicyclic) bond motifs is 1. The highest BCUT2D eigenvalue weighted by Crippen LogP contribution is 2.50. The summed E-state index contributed by atoms with van der Waals surface area (Å²) in [6.07, 6.45) is 1.95. The number of ether oxygens (including phenoxy) is 3. The van der Waals surface area contributed by atoms with E-state index in [1.807, 2.05) is 55.6 Å². The zero-order valence-corrected chi connectivity index (χ0v) is 22.6. The number of anilines is 1. The first-order chi connectivity index (χ1) is 18.5. The SMILES string of the molecule is COc1ccc(OC)c([C@H]2SCC(=O)N(CC(=O)NC[C@H]3CCCO3)c3c2c(-c2ccccc2)nn3C)c1. The maximum Gasteiger partial charge on any atom is 0.240 e. The number of carbonyl (C=O) groups excluding carboxylic acids is 2. The summed E-state index contributed by atoms with van der Waals surface area (Å²) in [4.78, 5) is 28.1. The van der Waals surface area contributed by atoms with Crippen LogP contribution in [0.5, 0.6) is 11.5 Å². The Morgan fingerprint density at radius 1 is 1.18 bits per heavy atom. The summed E-state index contributed by atoms with van der Waals surface area (Å²) in [5, 5.41) is 7.52. The molecule has 1 fully saturated rings. The Labute approximate surface area is 226 Å². The number of carbonyl (C=O) groups is 2. The van der Waals surface area contributed by atoms with Crippen molar-refractivity contribution in [1.29, 1.82) is 0 Å². The Kier molecular flexibility index (Phi) is 7.90. The van der Waals surface area contributed by atoms with Crippen molar-refractivity contribution < 1.29 is 23.8 Å². The van der Waals surface area contributed by atoms with Crippen molar-refractivity contribution in [2.24, 2.45) is 7.05 Å². The van der Waals surface area contributed by atoms with E-state index in [0.29, 0.717) is 23.9 Å². The van der Waals surface area contributed by atoms with Crippen LogP contribution in [0.25, 0.3) is 11.3 Å². The van der Waals surface area contributed by atoms with Gasteiger partial charge in [0.25, 0.3) is 0 Å². The van der Waals surface area contributed by atoms with Crippen LogP contribution in [-0.2, 0) is 21.4 Å². The summed E-state index contributed by atoms with van der Waals surface area (Å²) in [5.74, 6) is 1.77. The van der Waals surface area contributed by atoms with E-state index in [-0.39, 0.29) is 35.5 Å². The Hall–Kier alpha value is -3.50. The van der Waals surface area contributed by atoms with E-state index in [0.717, 1.165) is 41.8 Å². The van der Waals surface area contributed by atoms with Gasteiger partial charge >= 0.3 is 0 Å². The first-order valence-electron chi connectivity index (χ1n) is 12.6. The van der Waals surface area contributed by atoms with E-state index in [1.54, 1.807) is 23.8 Å². The lowest BCUT2D eigenvalue weighted by molar-refractivity contribution is -0.123. The summed E-state index contributed by atoms with van der Waals surface area (Å²) >= 11 is 1.49. The van der Waals surface area contributed by atoms with Crippen molar-refractivity contribution in [2.75, 3.05) is 44.6 Å². The van der Waals surface area contributed by atoms with Crippen molar-refractivity contribution in [1.82, 2.24) is 15.1 Å². The van der Waals surface area contributed by atoms with Gasteiger partial charge in [0.1, 0.15) is 23.9 Å². The molecule has 0 saturated carbocycles. The lowest BCUT2D eigenvalue weighted by atomic mass is 9.98. The van der Waals surface area contributed by atoms with E-state index in [9.17, 15) is 9.59 Å². The molecule has 0 spiro atoms. The normalized spacial score (nSPS) is 19.1. The fourth-order valence-corrected chi connectivity index (χ4v) is 6.23. The van der Waals surface area contributed by atoms with E-state index >= 15 is 0 Å². The van der Waals surface area contributed by atoms with Crippen LogP contribution in [0.3, 0.4) is 0 Å². The molecule has 2 amide bonds. The Bertz CT molecular complexity index is 1310. The molecule has 0 aliphatic carbocycles. The number of nitrogens with zero attached hydrogens (tertiary/aromatic N) is 3. The number of aromatic nitrogens is 2. The van der Waals surface area contributed by atoms with E-state index in [4.69, 9.17) is 19.3 Å². The van der Waals surface area contributed by atoms with Gasteiger partial charge in [-0.1, -0.05) is 30.3 Å². The molecule has 38 heavy (non-hydrogen) atoms. The molecule has 0 radical (unpaired) electrons. The third-order valence-electron chi connectivity index (χ3n) is 6.86. The van der Waals surface area contributed by atoms with Gasteiger partial charge in [-0.15, -0.1) is 11.8 Å². The monoisotopic (exact) mass is 536 g/mol. The largest absolute Gasteiger partial charge is 0.497 e. The number of aryl methyl sites for hydroxylation is 1. The number of amides is 2. The third kappa shape index (κ3) is 5.23. The molecular weight excluding hydrogens is 504 g/mol. The Morgan fingerprint density at radius 2 is 2.00 bits per heavy atom. The second-order valence-electron chi connectivity index (χ2n) is 9.29. The van der Waals surface area contributed by atoms with E-state index in [1.165, 1.54) is 11.8 Å². The minimum absolute atomic E-state index is 0.0243. The van der Waals surface area contributed by atoms with E-state index in [2.05, 4.69) is 5.32 Å². The van der Waals surface area contributed by atoms with Crippen LogP contribution in [0.1, 0.15) is 29.2 Å². The van der Waals surface area contributed by atoms with Gasteiger partial charge in [0.05, 0.1) is 37.0 Å². The molecule has 1 N–H and O–H groups in total. The summed E-state index contributed by atoms with van der Waals surface area (Å²) in [5.41, 5.74) is 3.41. The Morgan fingerprint density at radius 3 is 2.71 bits per heavy atom. The van der Waals surface area contributed by atoms with Crippen molar-refractivity contribution in [3.8, 4) is 22.8 Å². The molecule has 2 aromatic carbocycles. The van der Waals surface area contributed by atoms with Gasteiger partial charge in [0, 0.05) is 36.9 Å². The molecular formula is C28H32N4O5S. The van der Waals surface area contributed by atoms with Crippen LogP contribution >= 0.6 is 11.8 Å². The zero-order chi connectivity index (χ0) is 26.6. The molecule has 3 aromatic rings. The lowest BCUT2D eigenvalue weighted by Crippen LogP contribution is -2.44. The first kappa shape index (κ1) is 26.1. The van der Waals surface area contributed by atoms with Gasteiger partial charge in [-0.25, -0.2) is 0 Å². The average Bonchev–Trinajstić information content (AvgIpc) is 3.55. The number of hydrogen-bond acceptors (Lipinski definition) is 7. The smallest absolute Gasteiger partial charge is 0.240 e. The quantitative estimate of drug-likeness (QED) is 0.470. The minimum Gasteiger partial charge on any atom is -0.497 e. The summed E-state index contributed by atoms with van der Waals surface area (Å²) < 4.78 is 18.6. The van der Waals surface area contributed by atoms with Crippen molar-refractivity contribution in [3.63, 3.8) is 0 Å². The standard InChI is InChI=1S/C28H32N4O5S/c1-31-28-25(26(30-31)18-8-5-4-6-9-18)27(21-14-19(35-2)11-12-22(21)36-3)38-17-24(34)32(28)16-23(33)29-15-20-10-7-13-37-20/h4-6,8-9,11-12,14,20,27H,7,10,13,15-17H2,1-3H3,(H,29,33)/t20-,27-/m1/s1. The van der Waals surface area contributed by atoms with Crippen molar-refractivity contribution >= 4 is 29.4 Å². The van der Waals surface area contributed by atoms with Gasteiger partial charge in [-0.05, 0) is 31.0 Å². The van der Waals surface area contributed by atoms with Crippen LogP contribution in [0, 0.1) is 0 Å². The predicted molar refractivity (Wildman–Crippen MR) is 147 cm³/mol. The van der Waals surface area contributed by atoms with Crippen molar-refractivity contribution in [3.05, 3.63) is 59.7 Å². The highest BCUT2D eigenvalue weighted by molar-refractivity contribution is 8.00. The zero-order valence-electron chi connectivity index (χ0n) is 21.8. The molecule has 10 heteroatoms. The average molecular weight is 537 g/mol. The maximum absolute atomic E-state index is 13.5. The molecule has 200 valence electrons. The Balaban J connectivity index is 1.59. The van der Waals surface area contributed by atoms with Crippen LogP contribution in [0.2, 0.25) is 0 Å². The fourth-order valence-electron chi connectivity index (χ4n) is 5.02. The van der Waals surface area contributed by atoms with Gasteiger partial charge in [0.15, 0.2) is 0 Å². The number of benzene rings is 2. The molecule has 9 nitrogen and oxygen atoms in total. The minimum atomic E-state index is -0.289. The molecule has 5 rings (SSSR count). The van der Waals surface area contributed by atoms with Crippen LogP contribution < -0.4 is 19.7 Å². The number of thioether (sulfide) groups is 1. The number of hydrogen-bond donors (Lipinski definition) is 1. The van der Waals surface area contributed by atoms with E-state index < -0.39 is 0 Å². The molecule has 2 atom stereocenters. The van der Waals surface area contributed by atoms with Crippen molar-refractivity contribution in [2.45, 2.75) is 24.2 Å². The fraction of sp³-hybridized carbons (Fsp3) is 0.393. The molecule has 0 unspecified atom stereocenters. The van der Waals surface area contributed by atoms with Crippen LogP contribution in [0.15, 0.2) is 48.5 Å². The summed E-state index contributed by atoms with van der Waals surface area (Å²) in [6.45, 7) is 1.06. The number of rotatable bonds is 8. The molecule has 1 saturated heterocycles. The topological polar surface area (TPSA) is 94.9 Å². The summed E-state index contributed by atoms with van der Waals surface area (Å²) in [6, 6.07) is 15.5. The molecule has 0 bridgehead atoms. The summed E-state index contributed by atoms with van der Waals surface area (Å²) in [7, 11) is 5.06. The van der Waals surface area contributed by atoms with Gasteiger partial charge in [-0.3, -0.25) is 19.2 Å². The molecule has 3 heterocycles. The number of nitrogens with one attached hydrogen (secondary N) is 1. The molecule has 2 aliphatic rings. The first-order valence-corrected chi connectivity index (χ1v) is 13.7. The molecule has 1 aromatic heterocycles. The second kappa shape index (κ2) is 11.5. The lowest BCUT2D eigenvalue weighted by Gasteiger charge is -2.23. The van der Waals surface area contributed by atoms with Gasteiger partial charge in [-0.2, -0.15) is 5.10 Å². The van der Waals surface area contributed by atoms with Gasteiger partial charge < -0.3 is 19.5 Å². The second-order valence-corrected chi connectivity index (χ2v) is 10.4. The van der Waals surface area contributed by atoms with Gasteiger partial charge in [0.2, 0.25) is 11.8 Å². The maximum atomic E-state index is 13.5. The number of methoxy groups -OCH3 is 2. The highest BCUT2D eigenvalue weighted by Gasteiger charge is 2.38.